The van der Waals surface area contributed by atoms with E-state index in [1.54, 1.807) is 24.3 Å². The predicted octanol–water partition coefficient (Wildman–Crippen LogP) is 4.30. The molecule has 1 heterocycles. The second kappa shape index (κ2) is 8.13. The van der Waals surface area contributed by atoms with Gasteiger partial charge in [0, 0.05) is 18.4 Å². The van der Waals surface area contributed by atoms with E-state index in [0.717, 1.165) is 6.42 Å². The number of nitrogens with zero attached hydrogens (tertiary/aromatic N) is 2. The van der Waals surface area contributed by atoms with Gasteiger partial charge in [0.2, 0.25) is 5.95 Å². The molecule has 1 aromatic heterocycles. The fraction of sp³-hybridized carbons (Fsp3) is 0.312. The lowest BCUT2D eigenvalue weighted by Gasteiger charge is -2.09. The summed E-state index contributed by atoms with van der Waals surface area (Å²) in [4.78, 5) is 20.4. The maximum absolute atomic E-state index is 12.1. The van der Waals surface area contributed by atoms with Gasteiger partial charge in [-0.25, -0.2) is 9.97 Å². The zero-order valence-corrected chi connectivity index (χ0v) is 14.4. The Morgan fingerprint density at radius 3 is 2.70 bits per heavy atom. The van der Waals surface area contributed by atoms with Gasteiger partial charge >= 0.3 is 0 Å². The normalized spacial score (nSPS) is 10.7. The lowest BCUT2D eigenvalue weighted by molar-refractivity contribution is 0.0947. The first-order valence-corrected chi connectivity index (χ1v) is 8.04. The van der Waals surface area contributed by atoms with Crippen molar-refractivity contribution >= 4 is 40.7 Å². The Morgan fingerprint density at radius 1 is 1.22 bits per heavy atom. The molecule has 5 nitrogen and oxygen atoms in total. The van der Waals surface area contributed by atoms with Crippen LogP contribution in [-0.2, 0) is 0 Å². The van der Waals surface area contributed by atoms with Crippen LogP contribution in [0.1, 0.15) is 30.8 Å². The molecule has 23 heavy (non-hydrogen) atoms. The Balaban J connectivity index is 2.04. The predicted molar refractivity (Wildman–Crippen MR) is 93.6 cm³/mol. The number of amides is 1. The van der Waals surface area contributed by atoms with Crippen molar-refractivity contribution in [1.29, 1.82) is 0 Å². The van der Waals surface area contributed by atoms with Crippen molar-refractivity contribution in [2.75, 3.05) is 11.9 Å². The van der Waals surface area contributed by atoms with Gasteiger partial charge in [-0.1, -0.05) is 37.0 Å². The molecule has 0 spiro atoms. The average molecular weight is 353 g/mol. The second-order valence-corrected chi connectivity index (χ2v) is 6.27. The Hall–Kier alpha value is -1.85. The van der Waals surface area contributed by atoms with Crippen LogP contribution in [0.2, 0.25) is 10.0 Å². The molecule has 1 aromatic carbocycles. The standard InChI is InChI=1S/C16H18Cl2N4O/c1-10(2)5-7-19-15(23)14-6-8-20-16(22-14)21-11-3-4-12(17)13(18)9-11/h3-4,6,8-10H,5,7H2,1-2H3,(H,19,23)(H,20,21,22). The Bertz CT molecular complexity index is 692. The van der Waals surface area contributed by atoms with Gasteiger partial charge in [0.25, 0.3) is 5.91 Å². The summed E-state index contributed by atoms with van der Waals surface area (Å²) < 4.78 is 0. The van der Waals surface area contributed by atoms with Crippen molar-refractivity contribution in [1.82, 2.24) is 15.3 Å². The van der Waals surface area contributed by atoms with Crippen molar-refractivity contribution in [2.24, 2.45) is 5.92 Å². The van der Waals surface area contributed by atoms with E-state index in [1.165, 1.54) is 6.20 Å². The molecule has 7 heteroatoms. The first kappa shape index (κ1) is 17.5. The minimum absolute atomic E-state index is 0.217. The first-order valence-electron chi connectivity index (χ1n) is 7.29. The van der Waals surface area contributed by atoms with Gasteiger partial charge in [-0.2, -0.15) is 0 Å². The highest BCUT2D eigenvalue weighted by atomic mass is 35.5. The fourth-order valence-corrected chi connectivity index (χ4v) is 2.11. The highest BCUT2D eigenvalue weighted by Gasteiger charge is 2.09. The molecule has 0 bridgehead atoms. The number of aromatic nitrogens is 2. The molecule has 1 amide bonds. The van der Waals surface area contributed by atoms with Gasteiger partial charge < -0.3 is 10.6 Å². The molecule has 0 aliphatic carbocycles. The minimum Gasteiger partial charge on any atom is -0.351 e. The molecule has 0 fully saturated rings. The zero-order chi connectivity index (χ0) is 16.8. The Kier molecular flexibility index (Phi) is 6.19. The number of rotatable bonds is 6. The number of nitrogens with one attached hydrogen (secondary N) is 2. The van der Waals surface area contributed by atoms with Crippen LogP contribution >= 0.6 is 23.2 Å². The maximum atomic E-state index is 12.1. The number of carbonyl (C=O) groups excluding carboxylic acids is 1. The van der Waals surface area contributed by atoms with E-state index in [2.05, 4.69) is 34.4 Å². The summed E-state index contributed by atoms with van der Waals surface area (Å²) in [5.41, 5.74) is 1.00. The molecule has 122 valence electrons. The second-order valence-electron chi connectivity index (χ2n) is 5.46. The van der Waals surface area contributed by atoms with Crippen molar-refractivity contribution in [3.63, 3.8) is 0 Å². The highest BCUT2D eigenvalue weighted by Crippen LogP contribution is 2.26. The van der Waals surface area contributed by atoms with E-state index < -0.39 is 0 Å². The van der Waals surface area contributed by atoms with Gasteiger partial charge in [0.05, 0.1) is 10.0 Å². The summed E-state index contributed by atoms with van der Waals surface area (Å²) in [6.45, 7) is 4.84. The highest BCUT2D eigenvalue weighted by molar-refractivity contribution is 6.42. The maximum Gasteiger partial charge on any atom is 0.270 e. The van der Waals surface area contributed by atoms with Gasteiger partial charge in [-0.3, -0.25) is 4.79 Å². The van der Waals surface area contributed by atoms with E-state index in [0.29, 0.717) is 39.8 Å². The summed E-state index contributed by atoms with van der Waals surface area (Å²) in [5, 5.41) is 6.74. The molecule has 2 aromatic rings. The largest absolute Gasteiger partial charge is 0.351 e. The van der Waals surface area contributed by atoms with Crippen molar-refractivity contribution in [2.45, 2.75) is 20.3 Å². The summed E-state index contributed by atoms with van der Waals surface area (Å²) in [6, 6.07) is 6.68. The lowest BCUT2D eigenvalue weighted by atomic mass is 10.1. The third-order valence-electron chi connectivity index (χ3n) is 3.07. The molecular formula is C16H18Cl2N4O. The van der Waals surface area contributed by atoms with E-state index >= 15 is 0 Å². The monoisotopic (exact) mass is 352 g/mol. The van der Waals surface area contributed by atoms with Crippen LogP contribution in [0.5, 0.6) is 0 Å². The van der Waals surface area contributed by atoms with E-state index in [4.69, 9.17) is 23.2 Å². The summed E-state index contributed by atoms with van der Waals surface area (Å²) in [7, 11) is 0. The number of anilines is 2. The lowest BCUT2D eigenvalue weighted by Crippen LogP contribution is -2.26. The molecule has 0 aliphatic rings. The molecule has 0 saturated carbocycles. The van der Waals surface area contributed by atoms with Crippen LogP contribution in [0.15, 0.2) is 30.5 Å². The number of benzene rings is 1. The van der Waals surface area contributed by atoms with E-state index in [9.17, 15) is 4.79 Å². The average Bonchev–Trinajstić information content (AvgIpc) is 2.51. The molecule has 0 atom stereocenters. The number of halogens is 2. The zero-order valence-electron chi connectivity index (χ0n) is 12.9. The third kappa shape index (κ3) is 5.37. The van der Waals surface area contributed by atoms with Gasteiger partial charge in [-0.15, -0.1) is 0 Å². The molecule has 0 saturated heterocycles. The summed E-state index contributed by atoms with van der Waals surface area (Å²) in [6.07, 6.45) is 2.45. The van der Waals surface area contributed by atoms with Crippen LogP contribution in [0, 0.1) is 5.92 Å². The fourth-order valence-electron chi connectivity index (χ4n) is 1.81. The van der Waals surface area contributed by atoms with Crippen LogP contribution in [0.3, 0.4) is 0 Å². The van der Waals surface area contributed by atoms with Crippen LogP contribution < -0.4 is 10.6 Å². The quantitative estimate of drug-likeness (QED) is 0.812. The Labute approximate surface area is 145 Å². The van der Waals surface area contributed by atoms with Gasteiger partial charge in [-0.05, 0) is 36.6 Å². The first-order chi connectivity index (χ1) is 11.0. The Morgan fingerprint density at radius 2 is 2.00 bits per heavy atom. The molecule has 2 N–H and O–H groups in total. The summed E-state index contributed by atoms with van der Waals surface area (Å²) in [5.74, 6) is 0.637. The van der Waals surface area contributed by atoms with Crippen molar-refractivity contribution < 1.29 is 4.79 Å². The van der Waals surface area contributed by atoms with Crippen molar-refractivity contribution in [3.8, 4) is 0 Å². The molecule has 0 aliphatic heterocycles. The van der Waals surface area contributed by atoms with Crippen LogP contribution in [0.4, 0.5) is 11.6 Å². The number of carbonyl (C=O) groups is 1. The number of hydrogen-bond donors (Lipinski definition) is 2. The minimum atomic E-state index is -0.217. The molecule has 2 rings (SSSR count). The topological polar surface area (TPSA) is 66.9 Å². The van der Waals surface area contributed by atoms with Crippen LogP contribution in [-0.4, -0.2) is 22.4 Å². The van der Waals surface area contributed by atoms with E-state index in [1.807, 2.05) is 0 Å². The smallest absolute Gasteiger partial charge is 0.270 e. The number of hydrogen-bond acceptors (Lipinski definition) is 4. The van der Waals surface area contributed by atoms with E-state index in [-0.39, 0.29) is 5.91 Å². The molecular weight excluding hydrogens is 335 g/mol. The molecule has 0 radical (unpaired) electrons. The summed E-state index contributed by atoms with van der Waals surface area (Å²) >= 11 is 11.8. The molecule has 0 unspecified atom stereocenters. The van der Waals surface area contributed by atoms with Crippen molar-refractivity contribution in [3.05, 3.63) is 46.2 Å². The SMILES string of the molecule is CC(C)CCNC(=O)c1ccnc(Nc2ccc(Cl)c(Cl)c2)n1. The van der Waals surface area contributed by atoms with Gasteiger partial charge in [0.15, 0.2) is 0 Å². The van der Waals surface area contributed by atoms with Crippen LogP contribution in [0.25, 0.3) is 0 Å². The van der Waals surface area contributed by atoms with Gasteiger partial charge in [0.1, 0.15) is 5.69 Å². The third-order valence-corrected chi connectivity index (χ3v) is 3.81.